The number of aliphatic hydroxyl groups is 1. The molecule has 1 fully saturated rings. The summed E-state index contributed by atoms with van der Waals surface area (Å²) in [5.74, 6) is -1.08. The van der Waals surface area contributed by atoms with Gasteiger partial charge in [-0.05, 0) is 31.0 Å². The zero-order chi connectivity index (χ0) is 14.4. The third-order valence-electron chi connectivity index (χ3n) is 4.02. The molecule has 0 heterocycles. The van der Waals surface area contributed by atoms with Gasteiger partial charge in [-0.1, -0.05) is 32.1 Å². The average Bonchev–Trinajstić information content (AvgIpc) is 2.40. The summed E-state index contributed by atoms with van der Waals surface area (Å²) in [7, 11) is 0. The Hall–Kier alpha value is -1.00. The summed E-state index contributed by atoms with van der Waals surface area (Å²) in [4.78, 5) is 0. The molecule has 112 valence electrons. The highest BCUT2D eigenvalue weighted by molar-refractivity contribution is 5.21. The van der Waals surface area contributed by atoms with Crippen molar-refractivity contribution in [3.05, 3.63) is 35.4 Å². The maximum atomic E-state index is 13.5. The highest BCUT2D eigenvalue weighted by Crippen LogP contribution is 2.20. The van der Waals surface area contributed by atoms with Crippen LogP contribution in [0.1, 0.15) is 56.6 Å². The topological polar surface area (TPSA) is 32.3 Å². The van der Waals surface area contributed by atoms with E-state index < -0.39 is 17.7 Å². The normalized spacial score (nSPS) is 19.4. The Bertz CT molecular complexity index is 417. The summed E-state index contributed by atoms with van der Waals surface area (Å²) in [6.45, 7) is 0.269. The van der Waals surface area contributed by atoms with Gasteiger partial charge in [-0.3, -0.25) is 0 Å². The van der Waals surface area contributed by atoms with E-state index in [9.17, 15) is 13.9 Å². The zero-order valence-electron chi connectivity index (χ0n) is 11.7. The van der Waals surface area contributed by atoms with Gasteiger partial charge in [0.05, 0.1) is 6.10 Å². The van der Waals surface area contributed by atoms with E-state index in [0.717, 1.165) is 31.0 Å². The molecular weight excluding hydrogens is 260 g/mol. The monoisotopic (exact) mass is 283 g/mol. The molecule has 1 aromatic carbocycles. The van der Waals surface area contributed by atoms with E-state index in [1.54, 1.807) is 0 Å². The van der Waals surface area contributed by atoms with Crippen LogP contribution in [0.25, 0.3) is 0 Å². The molecular formula is C16H23F2NO. The molecule has 0 saturated heterocycles. The number of rotatable bonds is 4. The van der Waals surface area contributed by atoms with Gasteiger partial charge in [0, 0.05) is 18.2 Å². The molecule has 1 aliphatic rings. The Morgan fingerprint density at radius 3 is 2.45 bits per heavy atom. The third kappa shape index (κ3) is 4.53. The van der Waals surface area contributed by atoms with Gasteiger partial charge in [0.2, 0.25) is 0 Å². The third-order valence-corrected chi connectivity index (χ3v) is 4.02. The lowest BCUT2D eigenvalue weighted by Crippen LogP contribution is -2.33. The largest absolute Gasteiger partial charge is 0.387 e. The molecule has 1 unspecified atom stereocenters. The van der Waals surface area contributed by atoms with E-state index in [2.05, 4.69) is 5.32 Å². The van der Waals surface area contributed by atoms with Crippen molar-refractivity contribution < 1.29 is 13.9 Å². The van der Waals surface area contributed by atoms with E-state index >= 15 is 0 Å². The highest BCUT2D eigenvalue weighted by atomic mass is 19.1. The van der Waals surface area contributed by atoms with Crippen molar-refractivity contribution in [3.63, 3.8) is 0 Å². The van der Waals surface area contributed by atoms with Crippen LogP contribution in [0.2, 0.25) is 0 Å². The Kier molecular flexibility index (Phi) is 5.92. The van der Waals surface area contributed by atoms with Crippen molar-refractivity contribution in [1.29, 1.82) is 0 Å². The standard InChI is InChI=1S/C16H23F2NO/c17-12-8-9-15(18)14(10-12)16(20)11-19-13-6-4-2-1-3-5-7-13/h8-10,13,16,19-20H,1-7,11H2. The lowest BCUT2D eigenvalue weighted by Gasteiger charge is -2.23. The summed E-state index contributed by atoms with van der Waals surface area (Å²) in [6, 6.07) is 3.57. The van der Waals surface area contributed by atoms with Gasteiger partial charge in [0.1, 0.15) is 11.6 Å². The molecule has 0 radical (unpaired) electrons. The van der Waals surface area contributed by atoms with E-state index in [1.807, 2.05) is 0 Å². The first-order chi connectivity index (χ1) is 9.66. The van der Waals surface area contributed by atoms with Crippen molar-refractivity contribution in [3.8, 4) is 0 Å². The molecule has 0 aromatic heterocycles. The van der Waals surface area contributed by atoms with Gasteiger partial charge in [-0.15, -0.1) is 0 Å². The molecule has 1 atom stereocenters. The van der Waals surface area contributed by atoms with Crippen molar-refractivity contribution in [2.24, 2.45) is 0 Å². The molecule has 1 saturated carbocycles. The van der Waals surface area contributed by atoms with Crippen LogP contribution in [0, 0.1) is 11.6 Å². The predicted octanol–water partition coefficient (Wildman–Crippen LogP) is 3.70. The Labute approximate surface area is 119 Å². The van der Waals surface area contributed by atoms with E-state index in [4.69, 9.17) is 0 Å². The lowest BCUT2D eigenvalue weighted by molar-refractivity contribution is 0.162. The van der Waals surface area contributed by atoms with Gasteiger partial charge < -0.3 is 10.4 Å². The van der Waals surface area contributed by atoms with Gasteiger partial charge in [0.25, 0.3) is 0 Å². The summed E-state index contributed by atoms with van der Waals surface area (Å²) in [5, 5.41) is 13.3. The first kappa shape index (κ1) is 15.4. The van der Waals surface area contributed by atoms with Crippen LogP contribution in [-0.2, 0) is 0 Å². The summed E-state index contributed by atoms with van der Waals surface area (Å²) >= 11 is 0. The van der Waals surface area contributed by atoms with Crippen LogP contribution < -0.4 is 5.32 Å². The fourth-order valence-electron chi connectivity index (χ4n) is 2.82. The quantitative estimate of drug-likeness (QED) is 0.883. The summed E-state index contributed by atoms with van der Waals surface area (Å²) < 4.78 is 26.7. The fraction of sp³-hybridized carbons (Fsp3) is 0.625. The molecule has 0 amide bonds. The molecule has 20 heavy (non-hydrogen) atoms. The second kappa shape index (κ2) is 7.70. The van der Waals surface area contributed by atoms with Crippen LogP contribution in [0.3, 0.4) is 0 Å². The number of benzene rings is 1. The van der Waals surface area contributed by atoms with Crippen LogP contribution >= 0.6 is 0 Å². The van der Waals surface area contributed by atoms with Gasteiger partial charge in [-0.2, -0.15) is 0 Å². The molecule has 0 spiro atoms. The molecule has 4 heteroatoms. The molecule has 1 aromatic rings. The van der Waals surface area contributed by atoms with E-state index in [-0.39, 0.29) is 12.1 Å². The van der Waals surface area contributed by atoms with Crippen LogP contribution in [0.15, 0.2) is 18.2 Å². The SMILES string of the molecule is OC(CNC1CCCCCCC1)c1cc(F)ccc1F. The number of nitrogens with one attached hydrogen (secondary N) is 1. The van der Waals surface area contributed by atoms with Gasteiger partial charge in [-0.25, -0.2) is 8.78 Å². The minimum Gasteiger partial charge on any atom is -0.387 e. The second-order valence-electron chi connectivity index (χ2n) is 5.63. The fourth-order valence-corrected chi connectivity index (χ4v) is 2.82. The number of hydrogen-bond donors (Lipinski definition) is 2. The minimum atomic E-state index is -1.00. The Morgan fingerprint density at radius 1 is 1.10 bits per heavy atom. The molecule has 2 rings (SSSR count). The van der Waals surface area contributed by atoms with Gasteiger partial charge in [0.15, 0.2) is 0 Å². The molecule has 2 nitrogen and oxygen atoms in total. The van der Waals surface area contributed by atoms with Gasteiger partial charge >= 0.3 is 0 Å². The maximum absolute atomic E-state index is 13.5. The Balaban J connectivity index is 1.87. The number of halogens is 2. The molecule has 2 N–H and O–H groups in total. The van der Waals surface area contributed by atoms with E-state index in [1.165, 1.54) is 32.1 Å². The number of aliphatic hydroxyl groups excluding tert-OH is 1. The van der Waals surface area contributed by atoms with Crippen LogP contribution in [-0.4, -0.2) is 17.7 Å². The van der Waals surface area contributed by atoms with Crippen LogP contribution in [0.4, 0.5) is 8.78 Å². The lowest BCUT2D eigenvalue weighted by atomic mass is 9.96. The van der Waals surface area contributed by atoms with E-state index in [0.29, 0.717) is 6.04 Å². The van der Waals surface area contributed by atoms with Crippen LogP contribution in [0.5, 0.6) is 0 Å². The van der Waals surface area contributed by atoms with Crippen molar-refractivity contribution in [2.45, 2.75) is 57.1 Å². The predicted molar refractivity (Wildman–Crippen MR) is 75.4 cm³/mol. The van der Waals surface area contributed by atoms with Crippen molar-refractivity contribution in [1.82, 2.24) is 5.32 Å². The maximum Gasteiger partial charge on any atom is 0.129 e. The summed E-state index contributed by atoms with van der Waals surface area (Å²) in [5.41, 5.74) is 0.0309. The average molecular weight is 283 g/mol. The molecule has 0 aliphatic heterocycles. The summed E-state index contributed by atoms with van der Waals surface area (Å²) in [6.07, 6.45) is 7.42. The second-order valence-corrected chi connectivity index (χ2v) is 5.63. The highest BCUT2D eigenvalue weighted by Gasteiger charge is 2.16. The minimum absolute atomic E-state index is 0.0309. The number of hydrogen-bond acceptors (Lipinski definition) is 2. The first-order valence-corrected chi connectivity index (χ1v) is 7.53. The molecule has 1 aliphatic carbocycles. The Morgan fingerprint density at radius 2 is 1.75 bits per heavy atom. The first-order valence-electron chi connectivity index (χ1n) is 7.53. The smallest absolute Gasteiger partial charge is 0.129 e. The van der Waals surface area contributed by atoms with Crippen molar-refractivity contribution in [2.75, 3.05) is 6.54 Å². The molecule has 0 bridgehead atoms. The van der Waals surface area contributed by atoms with Crippen molar-refractivity contribution >= 4 is 0 Å². The zero-order valence-corrected chi connectivity index (χ0v) is 11.7.